The number of carbonyl (C=O) groups is 14. The lowest BCUT2D eigenvalue weighted by Gasteiger charge is -2.36. The number of unbranched alkanes of at least 4 members (excludes halogenated alkanes) is 1. The molecule has 1 aliphatic rings. The largest absolute Gasteiger partial charge is 0.481 e. The number of nitrogens with zero attached hydrogens (tertiary/aromatic N) is 3. The van der Waals surface area contributed by atoms with Crippen molar-refractivity contribution in [3.05, 3.63) is 183 Å². The Hall–Kier alpha value is -11.4. The number of ether oxygens (including phenoxy) is 5. The third-order valence-corrected chi connectivity index (χ3v) is 30.7. The van der Waals surface area contributed by atoms with Gasteiger partial charge in [0.2, 0.25) is 41.4 Å². The number of benzene rings is 5. The van der Waals surface area contributed by atoms with Gasteiger partial charge in [0.15, 0.2) is 21.7 Å². The smallest absolute Gasteiger partial charge is 0.480 e. The van der Waals surface area contributed by atoms with E-state index < -0.39 is 201 Å². The standard InChI is InChI=1S/C103H147ClN12O30P2S2/c1-16-65(5)55-68(8)56-78(57-70(10)101(129)145-87-58-71(11)116(99(87)126)73(13)97(124)115(15)86(59-74-27-35-80(104)36-28-74)98(125)114(14)60-89(118)113-91(69(9)17-2)96(123)108-72(12)100(127)128)84(111-103(131)132)21-18-19-46-143-147(133,134)146-148(135,136)144-61-75-29-37-81(38-30-75)109-94(121)85(22-20-44-107-102(105)130)110-95(122)90(64(3)4)112-88(117)43-47-139-49-51-141-53-54-142-52-50-140-48-45-106-93(120)77-33-31-76(32-34-77)92(119)79(62-149-82-39-23-66(6)24-40-82)63-150(137,138)83-41-25-67(7)26-42-83/h16,23-42,57,64,68-69,71-73,78-79,84-87,90-91,111H,17-22,43-56,58-63H2,1-15H3,(H,106,120)(H,108,123)(H,109,121)(H,110,122)(H,112,117)(H,113,118)(H,127,128)(H,131,132)(H,133,134)(H,135,136)(H3,105,107,130)/b65-16-,70-57-/t68-,69?,71?,72-,73-,78?,79?,84?,85+,86-,87+,90+,91+/m1/s1. The van der Waals surface area contributed by atoms with Gasteiger partial charge in [0.1, 0.15) is 36.3 Å². The maximum absolute atomic E-state index is 14.7. The summed E-state index contributed by atoms with van der Waals surface area (Å²) in [5.74, 6) is -11.3. The Morgan fingerprint density at radius 2 is 1.22 bits per heavy atom. The Morgan fingerprint density at radius 3 is 1.81 bits per heavy atom. The molecule has 0 spiro atoms. The van der Waals surface area contributed by atoms with Crippen LogP contribution >= 0.6 is 39.0 Å². The first kappa shape index (κ1) is 127. The van der Waals surface area contributed by atoms with Gasteiger partial charge in [-0.1, -0.05) is 142 Å². The van der Waals surface area contributed by atoms with Gasteiger partial charge < -0.3 is 107 Å². The van der Waals surface area contributed by atoms with E-state index in [0.717, 1.165) is 31.4 Å². The number of ketones is 1. The van der Waals surface area contributed by atoms with Crippen molar-refractivity contribution < 1.29 is 142 Å². The third-order valence-electron chi connectivity index (χ3n) is 24.8. The number of halogens is 1. The molecule has 0 aromatic heterocycles. The van der Waals surface area contributed by atoms with Crippen LogP contribution in [0, 0.1) is 43.4 Å². The van der Waals surface area contributed by atoms with Crippen LogP contribution in [0.3, 0.4) is 0 Å². The number of primary amides is 1. The van der Waals surface area contributed by atoms with E-state index in [-0.39, 0.29) is 168 Å². The van der Waals surface area contributed by atoms with Crippen molar-refractivity contribution in [2.45, 2.75) is 231 Å². The summed E-state index contributed by atoms with van der Waals surface area (Å²) < 4.78 is 96.3. The quantitative estimate of drug-likeness (QED) is 0.00327. The molecule has 0 aliphatic carbocycles. The van der Waals surface area contributed by atoms with Crippen LogP contribution < -0.4 is 48.3 Å². The molecule has 12 amide bonds. The first-order valence-electron chi connectivity index (χ1n) is 49.6. The van der Waals surface area contributed by atoms with Gasteiger partial charge >= 0.3 is 39.7 Å². The molecule has 0 saturated carbocycles. The van der Waals surface area contributed by atoms with E-state index in [0.29, 0.717) is 35.4 Å². The number of urea groups is 1. The number of aryl methyl sites for hydroxylation is 2. The number of aliphatic carboxylic acids is 1. The van der Waals surface area contributed by atoms with Crippen LogP contribution in [-0.4, -0.2) is 285 Å². The second-order valence-corrected chi connectivity index (χ2v) is 44.2. The van der Waals surface area contributed by atoms with E-state index in [1.807, 2.05) is 65.0 Å². The highest BCUT2D eigenvalue weighted by Crippen LogP contribution is 2.61. The van der Waals surface area contributed by atoms with Crippen LogP contribution in [0.15, 0.2) is 154 Å². The number of hydrogen-bond acceptors (Lipinski definition) is 27. The zero-order chi connectivity index (χ0) is 111. The second kappa shape index (κ2) is 63.8. The summed E-state index contributed by atoms with van der Waals surface area (Å²) in [5, 5.41) is 40.7. The van der Waals surface area contributed by atoms with Gasteiger partial charge in [0.05, 0.1) is 83.3 Å². The Bertz CT molecular complexity index is 5600. The van der Waals surface area contributed by atoms with Crippen LogP contribution in [-0.2, 0) is 117 Å². The molecule has 5 aromatic rings. The van der Waals surface area contributed by atoms with Gasteiger partial charge in [-0.2, -0.15) is 4.31 Å². The average molecular weight is 2190 g/mol. The fourth-order valence-electron chi connectivity index (χ4n) is 16.1. The van der Waals surface area contributed by atoms with Gasteiger partial charge in [-0.3, -0.25) is 61.8 Å². The molecule has 0 bridgehead atoms. The summed E-state index contributed by atoms with van der Waals surface area (Å²) in [6.45, 7) is 21.9. The van der Waals surface area contributed by atoms with E-state index in [2.05, 4.69) is 46.8 Å². The van der Waals surface area contributed by atoms with Crippen LogP contribution in [0.25, 0.3) is 0 Å². The van der Waals surface area contributed by atoms with Crippen molar-refractivity contribution >= 4 is 138 Å². The Labute approximate surface area is 885 Å². The number of rotatable bonds is 68. The average Bonchev–Trinajstić information content (AvgIpc) is 1.63. The van der Waals surface area contributed by atoms with Crippen LogP contribution in [0.1, 0.15) is 183 Å². The Kier molecular flexibility index (Phi) is 54.2. The molecular formula is C103H147ClN12O30P2S2. The molecule has 42 nitrogen and oxygen atoms in total. The summed E-state index contributed by atoms with van der Waals surface area (Å²) in [6.07, 6.45) is 1.90. The predicted molar refractivity (Wildman–Crippen MR) is 562 cm³/mol. The van der Waals surface area contributed by atoms with E-state index in [1.54, 1.807) is 83.1 Å². The molecule has 5 aromatic carbocycles. The zero-order valence-electron chi connectivity index (χ0n) is 87.6. The van der Waals surface area contributed by atoms with Gasteiger partial charge in [0.25, 0.3) is 11.8 Å². The minimum absolute atomic E-state index is 0.00163. The van der Waals surface area contributed by atoms with Crippen LogP contribution in [0.2, 0.25) is 5.02 Å². The topological polar surface area (TPSA) is 594 Å². The van der Waals surface area contributed by atoms with Gasteiger partial charge in [-0.15, -0.1) is 11.8 Å². The Balaban J connectivity index is 0.921. The lowest BCUT2D eigenvalue weighted by Crippen LogP contribution is -2.57. The zero-order valence-corrected chi connectivity index (χ0v) is 91.8. The number of thioether (sulfide) groups is 1. The molecule has 0 radical (unpaired) electrons. The number of nitrogens with two attached hydrogens (primary N) is 1. The number of allylic oxidation sites excluding steroid dienone is 2. The SMILES string of the molecule is C/C=C(/C)C[C@@H](C)CC(/C=C(/C)C(=O)O[C@H]1CC(C)N([C@H](C)C(=O)N(C)[C@H](Cc2ccc(Cl)cc2)C(=O)N(C)CC(=O)N[C@H](C(=O)N[C@H](C)C(=O)O)C(C)CC)C1=O)C(CCCCOP(=O)(O)OP(=O)(O)OCc1ccc(NC(=O)[C@H](CCCNC(N)=O)NC(=O)[C@@H](NC(=O)CCOCCOCCOCCOCCNC(=O)c2ccc(C(=O)C(CSc3ccc(C)cc3)CS(=O)(=O)c3ccc(C)cc3)cc2)C(C)C)cc1)NC(=O)O. The number of phosphoric acid groups is 2. The fraction of sp³-hybridized carbons (Fsp3) is 0.534. The first-order chi connectivity index (χ1) is 70.8. The van der Waals surface area contributed by atoms with E-state index >= 15 is 0 Å². The molecular weight excluding hydrogens is 2050 g/mol. The van der Waals surface area contributed by atoms with E-state index in [4.69, 9.17) is 50.1 Å². The number of carboxylic acids is 1. The molecule has 1 fully saturated rings. The van der Waals surface area contributed by atoms with E-state index in [1.165, 1.54) is 106 Å². The molecule has 1 aliphatic heterocycles. The summed E-state index contributed by atoms with van der Waals surface area (Å²) in [6, 6.07) is 22.6. The number of anilines is 1. The van der Waals surface area contributed by atoms with E-state index in [9.17, 15) is 105 Å². The molecule has 14 N–H and O–H groups in total. The van der Waals surface area contributed by atoms with Crippen molar-refractivity contribution in [1.82, 2.24) is 51.9 Å². The number of likely N-dealkylation sites (N-methyl/N-ethyl adjacent to an activating group) is 2. The van der Waals surface area contributed by atoms with Crippen LogP contribution in [0.5, 0.6) is 0 Å². The number of amides is 12. The number of phosphoric ester groups is 2. The molecule has 150 heavy (non-hydrogen) atoms. The summed E-state index contributed by atoms with van der Waals surface area (Å²) in [7, 11) is -11.9. The predicted octanol–water partition coefficient (Wildman–Crippen LogP) is 11.0. The number of likely N-dealkylation sites (tertiary alicyclic amines) is 1. The third kappa shape index (κ3) is 44.9. The lowest BCUT2D eigenvalue weighted by molar-refractivity contribution is -0.156. The number of nitrogens with one attached hydrogen (secondary N) is 8. The monoisotopic (exact) mass is 2190 g/mol. The van der Waals surface area contributed by atoms with Gasteiger partial charge in [-0.25, -0.2) is 31.9 Å². The Morgan fingerprint density at radius 1 is 0.647 bits per heavy atom. The second-order valence-electron chi connectivity index (χ2n) is 37.5. The minimum Gasteiger partial charge on any atom is -0.480 e. The normalized spacial score (nSPS) is 16.3. The highest BCUT2D eigenvalue weighted by molar-refractivity contribution is 7.99. The van der Waals surface area contributed by atoms with Crippen molar-refractivity contribution in [2.75, 3.05) is 110 Å². The van der Waals surface area contributed by atoms with Crippen molar-refractivity contribution in [1.29, 1.82) is 0 Å². The molecule has 6 rings (SSSR count). The number of Topliss-reactive ketones (excluding diaryl/α,β-unsaturated/α-hetero) is 1. The first-order valence-corrected chi connectivity index (χ1v) is 55.6. The molecule has 1 heterocycles. The summed E-state index contributed by atoms with van der Waals surface area (Å²) in [5.41, 5.74) is 9.78. The molecule has 828 valence electrons. The summed E-state index contributed by atoms with van der Waals surface area (Å²) >= 11 is 7.60. The van der Waals surface area contributed by atoms with Crippen LogP contribution in [0.4, 0.5) is 15.3 Å². The molecule has 47 heteroatoms. The summed E-state index contributed by atoms with van der Waals surface area (Å²) in [4.78, 5) is 214. The molecule has 1 saturated heterocycles. The van der Waals surface area contributed by atoms with Crippen molar-refractivity contribution in [3.63, 3.8) is 0 Å². The highest BCUT2D eigenvalue weighted by atomic mass is 35.5. The van der Waals surface area contributed by atoms with Crippen molar-refractivity contribution in [2.24, 2.45) is 35.3 Å². The number of sulfone groups is 1. The van der Waals surface area contributed by atoms with Crippen molar-refractivity contribution in [3.8, 4) is 0 Å². The van der Waals surface area contributed by atoms with Gasteiger partial charge in [0, 0.05) is 103 Å². The molecule has 15 atom stereocenters. The number of carbonyl (C=O) groups excluding carboxylic acids is 12. The lowest BCUT2D eigenvalue weighted by atomic mass is 9.83. The molecule has 7 unspecified atom stereocenters. The fourth-order valence-corrected chi connectivity index (χ4v) is 21.0. The number of esters is 1. The number of hydrogen-bond donors (Lipinski definition) is 13. The minimum atomic E-state index is -5.38. The maximum atomic E-state index is 14.7. The highest BCUT2D eigenvalue weighted by Gasteiger charge is 2.47. The number of carboxylic acid groups (broad SMARTS) is 2. The maximum Gasteiger partial charge on any atom is 0.481 e. The van der Waals surface area contributed by atoms with Gasteiger partial charge in [-0.05, 0) is 196 Å².